The number of fused-ring (bicyclic) bond motifs is 1. The second-order valence-electron chi connectivity index (χ2n) is 7.27. The standard InChI is InChI=1S/C25H24N2OS/c1-18-12-13-19(2)20(14-18)15-27-16-24(22-10-6-7-11-23(22)27)29-17-25(28)26-21-8-4-3-5-9-21/h3-14,16H,15,17H2,1-2H3,(H,26,28). The number of anilines is 1. The average molecular weight is 401 g/mol. The van der Waals surface area contributed by atoms with Gasteiger partial charge in [-0.25, -0.2) is 0 Å². The molecule has 4 rings (SSSR count). The van der Waals surface area contributed by atoms with Gasteiger partial charge in [0.05, 0.1) is 5.75 Å². The van der Waals surface area contributed by atoms with E-state index in [1.165, 1.54) is 27.6 Å². The molecule has 0 saturated carbocycles. The molecule has 3 aromatic carbocycles. The van der Waals surface area contributed by atoms with Crippen molar-refractivity contribution in [2.24, 2.45) is 0 Å². The van der Waals surface area contributed by atoms with E-state index in [0.29, 0.717) is 5.75 Å². The molecule has 1 heterocycles. The predicted octanol–water partition coefficient (Wildman–Crippen LogP) is 6.04. The van der Waals surface area contributed by atoms with E-state index in [1.807, 2.05) is 30.3 Å². The molecule has 4 heteroatoms. The maximum atomic E-state index is 12.4. The van der Waals surface area contributed by atoms with Crippen LogP contribution in [0.3, 0.4) is 0 Å². The lowest BCUT2D eigenvalue weighted by Crippen LogP contribution is -2.13. The number of amides is 1. The predicted molar refractivity (Wildman–Crippen MR) is 123 cm³/mol. The molecule has 0 aliphatic carbocycles. The minimum absolute atomic E-state index is 0.00700. The van der Waals surface area contributed by atoms with Crippen LogP contribution in [0, 0.1) is 13.8 Å². The molecule has 0 aliphatic heterocycles. The summed E-state index contributed by atoms with van der Waals surface area (Å²) in [6.45, 7) is 5.11. The third-order valence-electron chi connectivity index (χ3n) is 5.01. The summed E-state index contributed by atoms with van der Waals surface area (Å²) in [6, 6.07) is 24.6. The monoisotopic (exact) mass is 400 g/mol. The van der Waals surface area contributed by atoms with Crippen LogP contribution in [0.25, 0.3) is 10.9 Å². The van der Waals surface area contributed by atoms with Crippen molar-refractivity contribution < 1.29 is 4.79 Å². The van der Waals surface area contributed by atoms with Gasteiger partial charge in [-0.1, -0.05) is 60.2 Å². The van der Waals surface area contributed by atoms with Crippen LogP contribution >= 0.6 is 11.8 Å². The summed E-state index contributed by atoms with van der Waals surface area (Å²) >= 11 is 1.58. The number of benzene rings is 3. The Morgan fingerprint density at radius 3 is 2.55 bits per heavy atom. The molecule has 0 spiro atoms. The van der Waals surface area contributed by atoms with Crippen LogP contribution in [0.15, 0.2) is 83.9 Å². The zero-order valence-corrected chi connectivity index (χ0v) is 17.5. The Labute approximate surface area is 175 Å². The van der Waals surface area contributed by atoms with Crippen LogP contribution in [0.1, 0.15) is 16.7 Å². The normalized spacial score (nSPS) is 11.0. The van der Waals surface area contributed by atoms with E-state index in [1.54, 1.807) is 11.8 Å². The summed E-state index contributed by atoms with van der Waals surface area (Å²) in [6.07, 6.45) is 2.17. The Bertz CT molecular complexity index is 1150. The van der Waals surface area contributed by atoms with Gasteiger partial charge in [0.1, 0.15) is 0 Å². The molecule has 0 radical (unpaired) electrons. The van der Waals surface area contributed by atoms with E-state index in [-0.39, 0.29) is 5.91 Å². The zero-order chi connectivity index (χ0) is 20.2. The lowest BCUT2D eigenvalue weighted by molar-refractivity contribution is -0.113. The maximum Gasteiger partial charge on any atom is 0.234 e. The first-order chi connectivity index (χ1) is 14.1. The number of para-hydroxylation sites is 2. The van der Waals surface area contributed by atoms with Gasteiger partial charge in [0, 0.05) is 34.2 Å². The lowest BCUT2D eigenvalue weighted by atomic mass is 10.1. The molecule has 29 heavy (non-hydrogen) atoms. The molecule has 1 N–H and O–H groups in total. The van der Waals surface area contributed by atoms with E-state index in [0.717, 1.165) is 17.1 Å². The molecular weight excluding hydrogens is 376 g/mol. The van der Waals surface area contributed by atoms with Crippen molar-refractivity contribution in [3.63, 3.8) is 0 Å². The van der Waals surface area contributed by atoms with Gasteiger partial charge in [-0.15, -0.1) is 11.8 Å². The Kier molecular flexibility index (Phi) is 5.72. The van der Waals surface area contributed by atoms with Crippen molar-refractivity contribution >= 4 is 34.3 Å². The number of rotatable bonds is 6. The van der Waals surface area contributed by atoms with Crippen molar-refractivity contribution in [1.82, 2.24) is 4.57 Å². The summed E-state index contributed by atoms with van der Waals surface area (Å²) in [5.74, 6) is 0.388. The molecule has 146 valence electrons. The van der Waals surface area contributed by atoms with Crippen LogP contribution in [0.2, 0.25) is 0 Å². The van der Waals surface area contributed by atoms with E-state index >= 15 is 0 Å². The highest BCUT2D eigenvalue weighted by atomic mass is 32.2. The van der Waals surface area contributed by atoms with Gasteiger partial charge < -0.3 is 9.88 Å². The lowest BCUT2D eigenvalue weighted by Gasteiger charge is -2.09. The van der Waals surface area contributed by atoms with Gasteiger partial charge in [-0.3, -0.25) is 4.79 Å². The summed E-state index contributed by atoms with van der Waals surface area (Å²) in [7, 11) is 0. The van der Waals surface area contributed by atoms with Crippen LogP contribution in [0.5, 0.6) is 0 Å². The van der Waals surface area contributed by atoms with E-state index in [4.69, 9.17) is 0 Å². The highest BCUT2D eigenvalue weighted by molar-refractivity contribution is 8.00. The number of hydrogen-bond donors (Lipinski definition) is 1. The quantitative estimate of drug-likeness (QED) is 0.401. The summed E-state index contributed by atoms with van der Waals surface area (Å²) in [4.78, 5) is 13.5. The van der Waals surface area contributed by atoms with Gasteiger partial charge in [0.25, 0.3) is 0 Å². The zero-order valence-electron chi connectivity index (χ0n) is 16.7. The molecule has 1 amide bonds. The third-order valence-corrected chi connectivity index (χ3v) is 6.06. The number of nitrogens with zero attached hydrogens (tertiary/aromatic N) is 1. The first-order valence-electron chi connectivity index (χ1n) is 9.72. The average Bonchev–Trinajstić information content (AvgIpc) is 3.08. The third kappa shape index (κ3) is 4.54. The molecule has 0 aliphatic rings. The summed E-state index contributed by atoms with van der Waals surface area (Å²) in [5, 5.41) is 4.14. The molecule has 0 fully saturated rings. The Morgan fingerprint density at radius 1 is 0.966 bits per heavy atom. The number of carbonyl (C=O) groups is 1. The van der Waals surface area contributed by atoms with Crippen LogP contribution in [-0.2, 0) is 11.3 Å². The van der Waals surface area contributed by atoms with Crippen LogP contribution in [-0.4, -0.2) is 16.2 Å². The number of thioether (sulfide) groups is 1. The topological polar surface area (TPSA) is 34.0 Å². The van der Waals surface area contributed by atoms with Crippen LogP contribution < -0.4 is 5.32 Å². The molecule has 0 saturated heterocycles. The number of carbonyl (C=O) groups excluding carboxylic acids is 1. The minimum Gasteiger partial charge on any atom is -0.342 e. The number of hydrogen-bond acceptors (Lipinski definition) is 2. The molecule has 1 aromatic heterocycles. The fourth-order valence-corrected chi connectivity index (χ4v) is 4.36. The van der Waals surface area contributed by atoms with E-state index in [2.05, 4.69) is 72.4 Å². The van der Waals surface area contributed by atoms with Crippen molar-refractivity contribution in [2.45, 2.75) is 25.3 Å². The number of aryl methyl sites for hydroxylation is 2. The van der Waals surface area contributed by atoms with Gasteiger partial charge >= 0.3 is 0 Å². The molecule has 0 atom stereocenters. The smallest absolute Gasteiger partial charge is 0.234 e. The molecule has 0 unspecified atom stereocenters. The Morgan fingerprint density at radius 2 is 1.72 bits per heavy atom. The highest BCUT2D eigenvalue weighted by Crippen LogP contribution is 2.31. The van der Waals surface area contributed by atoms with Crippen molar-refractivity contribution in [2.75, 3.05) is 11.1 Å². The van der Waals surface area contributed by atoms with Crippen molar-refractivity contribution in [1.29, 1.82) is 0 Å². The number of aromatic nitrogens is 1. The fraction of sp³-hybridized carbons (Fsp3) is 0.160. The summed E-state index contributed by atoms with van der Waals surface area (Å²) in [5.41, 5.74) is 5.91. The van der Waals surface area contributed by atoms with Crippen LogP contribution in [0.4, 0.5) is 5.69 Å². The SMILES string of the molecule is Cc1ccc(C)c(Cn2cc(SCC(=O)Nc3ccccc3)c3ccccc32)c1. The Balaban J connectivity index is 1.54. The van der Waals surface area contributed by atoms with Gasteiger partial charge in [0.15, 0.2) is 0 Å². The van der Waals surface area contributed by atoms with Crippen molar-refractivity contribution in [3.8, 4) is 0 Å². The van der Waals surface area contributed by atoms with E-state index in [9.17, 15) is 4.79 Å². The number of nitrogens with one attached hydrogen (secondary N) is 1. The largest absolute Gasteiger partial charge is 0.342 e. The molecular formula is C25H24N2OS. The van der Waals surface area contributed by atoms with Gasteiger partial charge in [-0.05, 0) is 43.2 Å². The molecule has 3 nitrogen and oxygen atoms in total. The second kappa shape index (κ2) is 8.58. The van der Waals surface area contributed by atoms with E-state index < -0.39 is 0 Å². The molecule has 0 bridgehead atoms. The second-order valence-corrected chi connectivity index (χ2v) is 8.29. The minimum atomic E-state index is 0.00700. The highest BCUT2D eigenvalue weighted by Gasteiger charge is 2.12. The first kappa shape index (κ1) is 19.3. The van der Waals surface area contributed by atoms with Crippen molar-refractivity contribution in [3.05, 3.63) is 95.7 Å². The van der Waals surface area contributed by atoms with Gasteiger partial charge in [0.2, 0.25) is 5.91 Å². The Hall–Kier alpha value is -2.98. The maximum absolute atomic E-state index is 12.4. The first-order valence-corrected chi connectivity index (χ1v) is 10.7. The fourth-order valence-electron chi connectivity index (χ4n) is 3.47. The van der Waals surface area contributed by atoms with Gasteiger partial charge in [-0.2, -0.15) is 0 Å². The summed E-state index contributed by atoms with van der Waals surface area (Å²) < 4.78 is 2.29. The molecule has 4 aromatic rings.